The first-order chi connectivity index (χ1) is 16.0. The van der Waals surface area contributed by atoms with E-state index < -0.39 is 0 Å². The van der Waals surface area contributed by atoms with Crippen LogP contribution in [0.25, 0.3) is 11.0 Å². The topological polar surface area (TPSA) is 72.2 Å². The van der Waals surface area contributed by atoms with E-state index in [0.29, 0.717) is 42.8 Å². The number of piperazine rings is 1. The molecule has 1 saturated heterocycles. The fourth-order valence-corrected chi connectivity index (χ4v) is 4.33. The molecule has 0 atom stereocenters. The maximum absolute atomic E-state index is 12.8. The van der Waals surface area contributed by atoms with Gasteiger partial charge in [-0.3, -0.25) is 9.69 Å². The summed E-state index contributed by atoms with van der Waals surface area (Å²) in [6, 6.07) is 13.5. The Bertz CT molecular complexity index is 1180. The van der Waals surface area contributed by atoms with Crippen LogP contribution in [0.3, 0.4) is 0 Å². The molecule has 2 heterocycles. The van der Waals surface area contributed by atoms with Crippen LogP contribution in [-0.4, -0.2) is 56.1 Å². The Labute approximate surface area is 193 Å². The second-order valence-electron chi connectivity index (χ2n) is 8.36. The van der Waals surface area contributed by atoms with Crippen molar-refractivity contribution in [2.75, 3.05) is 40.4 Å². The van der Waals surface area contributed by atoms with Crippen molar-refractivity contribution in [3.8, 4) is 11.5 Å². The van der Waals surface area contributed by atoms with Gasteiger partial charge in [0.1, 0.15) is 17.1 Å². The predicted octanol–water partition coefficient (Wildman–Crippen LogP) is 3.40. The Morgan fingerprint density at radius 3 is 2.30 bits per heavy atom. The predicted molar refractivity (Wildman–Crippen MR) is 127 cm³/mol. The summed E-state index contributed by atoms with van der Waals surface area (Å²) in [5, 5.41) is 0.866. The number of hydrogen-bond donors (Lipinski definition) is 0. The van der Waals surface area contributed by atoms with Crippen LogP contribution in [0.5, 0.6) is 11.5 Å². The minimum Gasteiger partial charge on any atom is -0.497 e. The van der Waals surface area contributed by atoms with Crippen LogP contribution >= 0.6 is 0 Å². The fraction of sp³-hybridized carbons (Fsp3) is 0.385. The molecule has 2 aromatic carbocycles. The van der Waals surface area contributed by atoms with Gasteiger partial charge in [0, 0.05) is 56.2 Å². The van der Waals surface area contributed by atoms with Gasteiger partial charge in [0.05, 0.1) is 14.2 Å². The van der Waals surface area contributed by atoms with Gasteiger partial charge in [-0.05, 0) is 48.7 Å². The van der Waals surface area contributed by atoms with Crippen LogP contribution in [0.4, 0.5) is 0 Å². The molecule has 0 N–H and O–H groups in total. The molecule has 4 rings (SSSR count). The first-order valence-corrected chi connectivity index (χ1v) is 11.2. The summed E-state index contributed by atoms with van der Waals surface area (Å²) in [5.41, 5.74) is 2.78. The lowest BCUT2D eigenvalue weighted by molar-refractivity contribution is -0.133. The molecule has 1 fully saturated rings. The zero-order chi connectivity index (χ0) is 23.4. The summed E-state index contributed by atoms with van der Waals surface area (Å²) in [7, 11) is 3.24. The minimum absolute atomic E-state index is 0.0766. The van der Waals surface area contributed by atoms with Crippen molar-refractivity contribution in [1.29, 1.82) is 0 Å². The molecule has 1 aliphatic heterocycles. The first-order valence-electron chi connectivity index (χ1n) is 11.2. The maximum atomic E-state index is 12.8. The molecule has 0 saturated carbocycles. The summed E-state index contributed by atoms with van der Waals surface area (Å²) in [6.07, 6.45) is 0.673. The number of nitrogens with zero attached hydrogens (tertiary/aromatic N) is 2. The van der Waals surface area contributed by atoms with Crippen molar-refractivity contribution in [2.45, 2.75) is 26.3 Å². The summed E-state index contributed by atoms with van der Waals surface area (Å²) in [4.78, 5) is 29.6. The summed E-state index contributed by atoms with van der Waals surface area (Å²) in [5.74, 6) is 1.57. The number of rotatable bonds is 7. The van der Waals surface area contributed by atoms with Gasteiger partial charge < -0.3 is 18.8 Å². The molecule has 0 radical (unpaired) electrons. The highest BCUT2D eigenvalue weighted by atomic mass is 16.5. The number of amides is 1. The van der Waals surface area contributed by atoms with Gasteiger partial charge in [0.25, 0.3) is 0 Å². The molecule has 0 aliphatic carbocycles. The van der Waals surface area contributed by atoms with Gasteiger partial charge in [-0.25, -0.2) is 4.79 Å². The van der Waals surface area contributed by atoms with E-state index in [1.165, 1.54) is 5.56 Å². The monoisotopic (exact) mass is 450 g/mol. The van der Waals surface area contributed by atoms with Crippen LogP contribution in [-0.2, 0) is 17.8 Å². The third-order valence-electron chi connectivity index (χ3n) is 6.37. The van der Waals surface area contributed by atoms with Crippen LogP contribution in [0.2, 0.25) is 0 Å². The number of hydrogen-bond acceptors (Lipinski definition) is 6. The number of aryl methyl sites for hydroxylation is 1. The lowest BCUT2D eigenvalue weighted by Crippen LogP contribution is -2.48. The highest BCUT2D eigenvalue weighted by Gasteiger charge is 2.22. The van der Waals surface area contributed by atoms with Crippen LogP contribution in [0, 0.1) is 6.92 Å². The molecule has 174 valence electrons. The lowest BCUT2D eigenvalue weighted by atomic mass is 10.0. The van der Waals surface area contributed by atoms with E-state index in [9.17, 15) is 9.59 Å². The van der Waals surface area contributed by atoms with E-state index >= 15 is 0 Å². The molecular weight excluding hydrogens is 420 g/mol. The number of ether oxygens (including phenoxy) is 2. The van der Waals surface area contributed by atoms with Crippen molar-refractivity contribution < 1.29 is 18.7 Å². The van der Waals surface area contributed by atoms with Gasteiger partial charge in [-0.15, -0.1) is 0 Å². The number of methoxy groups -OCH3 is 2. The Morgan fingerprint density at radius 2 is 1.64 bits per heavy atom. The minimum atomic E-state index is -0.384. The molecule has 0 spiro atoms. The molecule has 1 amide bonds. The van der Waals surface area contributed by atoms with E-state index in [1.54, 1.807) is 20.3 Å². The Hall–Kier alpha value is -3.32. The second kappa shape index (κ2) is 10.1. The Morgan fingerprint density at radius 1 is 0.970 bits per heavy atom. The highest BCUT2D eigenvalue weighted by molar-refractivity contribution is 5.82. The van der Waals surface area contributed by atoms with E-state index in [0.717, 1.165) is 36.3 Å². The van der Waals surface area contributed by atoms with E-state index in [-0.39, 0.29) is 11.5 Å². The third kappa shape index (κ3) is 5.20. The fourth-order valence-electron chi connectivity index (χ4n) is 4.33. The quantitative estimate of drug-likeness (QED) is 0.514. The van der Waals surface area contributed by atoms with E-state index in [1.807, 2.05) is 36.1 Å². The molecule has 1 aliphatic rings. The highest BCUT2D eigenvalue weighted by Crippen LogP contribution is 2.24. The van der Waals surface area contributed by atoms with Crippen molar-refractivity contribution in [1.82, 2.24) is 9.80 Å². The van der Waals surface area contributed by atoms with Crippen molar-refractivity contribution in [3.05, 3.63) is 69.6 Å². The second-order valence-corrected chi connectivity index (χ2v) is 8.36. The SMILES string of the molecule is COc1ccc(CN2CCN(C(=O)CCc3c(C)c4ccc(OC)cc4oc3=O)CC2)cc1. The number of fused-ring (bicyclic) bond motifs is 1. The molecule has 3 aromatic rings. The molecule has 0 bridgehead atoms. The molecule has 1 aromatic heterocycles. The van der Waals surface area contributed by atoms with Gasteiger partial charge in [-0.2, -0.15) is 0 Å². The van der Waals surface area contributed by atoms with Crippen molar-refractivity contribution >= 4 is 16.9 Å². The van der Waals surface area contributed by atoms with Crippen LogP contribution in [0.15, 0.2) is 51.7 Å². The molecule has 7 heteroatoms. The standard InChI is InChI=1S/C26H30N2O5/c1-18-22-9-8-21(32-3)16-24(22)33-26(30)23(18)10-11-25(29)28-14-12-27(13-15-28)17-19-4-6-20(31-2)7-5-19/h4-9,16H,10-15,17H2,1-3H3. The summed E-state index contributed by atoms with van der Waals surface area (Å²) < 4.78 is 15.9. The molecule has 0 unspecified atom stereocenters. The third-order valence-corrected chi connectivity index (χ3v) is 6.37. The molecular formula is C26H30N2O5. The zero-order valence-corrected chi connectivity index (χ0v) is 19.4. The first kappa shape index (κ1) is 22.9. The number of carbonyl (C=O) groups excluding carboxylic acids is 1. The Kier molecular flexibility index (Phi) is 6.99. The average molecular weight is 451 g/mol. The van der Waals surface area contributed by atoms with E-state index in [4.69, 9.17) is 13.9 Å². The van der Waals surface area contributed by atoms with Gasteiger partial charge >= 0.3 is 5.63 Å². The van der Waals surface area contributed by atoms with Crippen molar-refractivity contribution in [2.24, 2.45) is 0 Å². The summed E-state index contributed by atoms with van der Waals surface area (Å²) in [6.45, 7) is 5.81. The van der Waals surface area contributed by atoms with E-state index in [2.05, 4.69) is 17.0 Å². The summed E-state index contributed by atoms with van der Waals surface area (Å²) >= 11 is 0. The lowest BCUT2D eigenvalue weighted by Gasteiger charge is -2.34. The zero-order valence-electron chi connectivity index (χ0n) is 19.4. The molecule has 33 heavy (non-hydrogen) atoms. The van der Waals surface area contributed by atoms with Crippen LogP contribution in [0.1, 0.15) is 23.1 Å². The normalized spacial score (nSPS) is 14.5. The van der Waals surface area contributed by atoms with Gasteiger partial charge in [0.15, 0.2) is 0 Å². The maximum Gasteiger partial charge on any atom is 0.339 e. The Balaban J connectivity index is 1.33. The molecule has 7 nitrogen and oxygen atoms in total. The van der Waals surface area contributed by atoms with Gasteiger partial charge in [0.2, 0.25) is 5.91 Å². The van der Waals surface area contributed by atoms with Gasteiger partial charge in [-0.1, -0.05) is 12.1 Å². The largest absolute Gasteiger partial charge is 0.497 e. The van der Waals surface area contributed by atoms with Crippen molar-refractivity contribution in [3.63, 3.8) is 0 Å². The average Bonchev–Trinajstić information content (AvgIpc) is 2.84. The number of benzene rings is 2. The van der Waals surface area contributed by atoms with Crippen LogP contribution < -0.4 is 15.1 Å². The number of carbonyl (C=O) groups is 1. The smallest absolute Gasteiger partial charge is 0.339 e.